The molecule has 1 atom stereocenters. The average molecular weight is 295 g/mol. The fraction of sp³-hybridized carbons (Fsp3) is 0.786. The first kappa shape index (κ1) is 14.5. The maximum atomic E-state index is 12.1. The van der Waals surface area contributed by atoms with E-state index >= 15 is 0 Å². The highest BCUT2D eigenvalue weighted by molar-refractivity contribution is 5.77. The van der Waals surface area contributed by atoms with Gasteiger partial charge in [-0.05, 0) is 26.2 Å². The standard InChI is InChI=1S/C14H21N3O4/c1-10-15-13(21-16-10)9-20-12-7-17(8-12)14(18)6-11-4-2-3-5-19-11/h11-12H,2-9H2,1H3. The van der Waals surface area contributed by atoms with Crippen LogP contribution in [0, 0.1) is 6.92 Å². The van der Waals surface area contributed by atoms with Crippen molar-refractivity contribution < 1.29 is 18.8 Å². The lowest BCUT2D eigenvalue weighted by atomic mass is 10.0. The quantitative estimate of drug-likeness (QED) is 0.808. The van der Waals surface area contributed by atoms with E-state index in [1.54, 1.807) is 6.92 Å². The van der Waals surface area contributed by atoms with E-state index in [-0.39, 0.29) is 18.1 Å². The summed E-state index contributed by atoms with van der Waals surface area (Å²) in [6.45, 7) is 4.13. The van der Waals surface area contributed by atoms with E-state index < -0.39 is 0 Å². The van der Waals surface area contributed by atoms with E-state index in [9.17, 15) is 4.79 Å². The van der Waals surface area contributed by atoms with E-state index in [1.165, 1.54) is 0 Å². The second-order valence-electron chi connectivity index (χ2n) is 5.66. The Morgan fingerprint density at radius 1 is 1.43 bits per heavy atom. The summed E-state index contributed by atoms with van der Waals surface area (Å²) < 4.78 is 16.2. The van der Waals surface area contributed by atoms with Crippen LogP contribution in [-0.4, -0.2) is 52.9 Å². The van der Waals surface area contributed by atoms with Gasteiger partial charge < -0.3 is 18.9 Å². The monoisotopic (exact) mass is 295 g/mol. The van der Waals surface area contributed by atoms with Crippen molar-refractivity contribution in [1.82, 2.24) is 15.0 Å². The summed E-state index contributed by atoms with van der Waals surface area (Å²) in [5.41, 5.74) is 0. The summed E-state index contributed by atoms with van der Waals surface area (Å²) in [6.07, 6.45) is 3.93. The largest absolute Gasteiger partial charge is 0.378 e. The van der Waals surface area contributed by atoms with Gasteiger partial charge in [0.25, 0.3) is 5.89 Å². The SMILES string of the molecule is Cc1noc(COC2CN(C(=O)CC3CCCCO3)C2)n1. The topological polar surface area (TPSA) is 77.7 Å². The number of nitrogens with zero attached hydrogens (tertiary/aromatic N) is 3. The predicted octanol–water partition coefficient (Wildman–Crippen LogP) is 1.06. The Balaban J connectivity index is 1.34. The molecule has 1 unspecified atom stereocenters. The fourth-order valence-corrected chi connectivity index (χ4v) is 2.63. The van der Waals surface area contributed by atoms with Crippen LogP contribution >= 0.6 is 0 Å². The van der Waals surface area contributed by atoms with Crippen LogP contribution in [0.3, 0.4) is 0 Å². The van der Waals surface area contributed by atoms with Gasteiger partial charge in [-0.3, -0.25) is 4.79 Å². The molecule has 2 aliphatic heterocycles. The van der Waals surface area contributed by atoms with Crippen molar-refractivity contribution in [3.63, 3.8) is 0 Å². The Kier molecular flexibility index (Phi) is 4.50. The second-order valence-corrected chi connectivity index (χ2v) is 5.66. The Morgan fingerprint density at radius 3 is 2.95 bits per heavy atom. The summed E-state index contributed by atoms with van der Waals surface area (Å²) in [4.78, 5) is 18.0. The molecular weight excluding hydrogens is 274 g/mol. The Labute approximate surface area is 123 Å². The van der Waals surface area contributed by atoms with Crippen molar-refractivity contribution in [2.75, 3.05) is 19.7 Å². The normalized spacial score (nSPS) is 23.1. The van der Waals surface area contributed by atoms with Crippen LogP contribution < -0.4 is 0 Å². The Bertz CT molecular complexity index is 478. The van der Waals surface area contributed by atoms with Crippen molar-refractivity contribution in [2.24, 2.45) is 0 Å². The van der Waals surface area contributed by atoms with Gasteiger partial charge in [0.1, 0.15) is 6.61 Å². The van der Waals surface area contributed by atoms with Gasteiger partial charge in [0, 0.05) is 19.7 Å². The van der Waals surface area contributed by atoms with Crippen LogP contribution in [0.5, 0.6) is 0 Å². The predicted molar refractivity (Wildman–Crippen MR) is 72.4 cm³/mol. The number of carbonyl (C=O) groups excluding carboxylic acids is 1. The molecule has 1 aromatic rings. The molecule has 1 amide bonds. The van der Waals surface area contributed by atoms with Crippen LogP contribution in [0.1, 0.15) is 37.4 Å². The highest BCUT2D eigenvalue weighted by Crippen LogP contribution is 2.20. The smallest absolute Gasteiger partial charge is 0.252 e. The molecule has 3 heterocycles. The molecule has 0 N–H and O–H groups in total. The van der Waals surface area contributed by atoms with E-state index in [0.29, 0.717) is 37.8 Å². The van der Waals surface area contributed by atoms with E-state index in [4.69, 9.17) is 14.0 Å². The van der Waals surface area contributed by atoms with Gasteiger partial charge in [-0.2, -0.15) is 4.98 Å². The minimum absolute atomic E-state index is 0.0634. The van der Waals surface area contributed by atoms with Gasteiger partial charge in [0.2, 0.25) is 5.91 Å². The van der Waals surface area contributed by atoms with Gasteiger partial charge in [0.05, 0.1) is 18.6 Å². The maximum Gasteiger partial charge on any atom is 0.252 e. The number of ether oxygens (including phenoxy) is 2. The highest BCUT2D eigenvalue weighted by atomic mass is 16.5. The average Bonchev–Trinajstić information content (AvgIpc) is 2.84. The van der Waals surface area contributed by atoms with Gasteiger partial charge in [-0.1, -0.05) is 5.16 Å². The van der Waals surface area contributed by atoms with Crippen LogP contribution in [0.15, 0.2) is 4.52 Å². The molecule has 116 valence electrons. The molecule has 1 aromatic heterocycles. The summed E-state index contributed by atoms with van der Waals surface area (Å²) in [5.74, 6) is 1.25. The first-order valence-electron chi connectivity index (χ1n) is 7.51. The van der Waals surface area contributed by atoms with Crippen LogP contribution in [0.2, 0.25) is 0 Å². The summed E-state index contributed by atoms with van der Waals surface area (Å²) in [5, 5.41) is 3.70. The third-order valence-electron chi connectivity index (χ3n) is 3.89. The van der Waals surface area contributed by atoms with Crippen molar-refractivity contribution >= 4 is 5.91 Å². The number of amides is 1. The van der Waals surface area contributed by atoms with Crippen molar-refractivity contribution in [3.8, 4) is 0 Å². The third-order valence-corrected chi connectivity index (χ3v) is 3.89. The number of hydrogen-bond acceptors (Lipinski definition) is 6. The Morgan fingerprint density at radius 2 is 2.29 bits per heavy atom. The summed E-state index contributed by atoms with van der Waals surface area (Å²) in [6, 6.07) is 0. The number of aromatic nitrogens is 2. The zero-order valence-electron chi connectivity index (χ0n) is 12.3. The molecule has 0 bridgehead atoms. The molecular formula is C14H21N3O4. The highest BCUT2D eigenvalue weighted by Gasteiger charge is 2.33. The number of hydrogen-bond donors (Lipinski definition) is 0. The number of aryl methyl sites for hydroxylation is 1. The minimum atomic E-state index is 0.0634. The molecule has 0 aromatic carbocycles. The van der Waals surface area contributed by atoms with Crippen molar-refractivity contribution in [2.45, 2.75) is 51.4 Å². The lowest BCUT2D eigenvalue weighted by Gasteiger charge is -2.39. The first-order chi connectivity index (χ1) is 10.2. The van der Waals surface area contributed by atoms with Gasteiger partial charge in [-0.15, -0.1) is 0 Å². The molecule has 21 heavy (non-hydrogen) atoms. The fourth-order valence-electron chi connectivity index (χ4n) is 2.63. The number of carbonyl (C=O) groups is 1. The molecule has 0 spiro atoms. The lowest BCUT2D eigenvalue weighted by Crippen LogP contribution is -2.55. The number of rotatable bonds is 5. The van der Waals surface area contributed by atoms with Crippen LogP contribution in [0.25, 0.3) is 0 Å². The molecule has 2 saturated heterocycles. The number of likely N-dealkylation sites (tertiary alicyclic amines) is 1. The van der Waals surface area contributed by atoms with Crippen LogP contribution in [-0.2, 0) is 20.9 Å². The zero-order chi connectivity index (χ0) is 14.7. The maximum absolute atomic E-state index is 12.1. The van der Waals surface area contributed by atoms with Gasteiger partial charge in [0.15, 0.2) is 5.82 Å². The van der Waals surface area contributed by atoms with E-state index in [0.717, 1.165) is 25.9 Å². The molecule has 3 rings (SSSR count). The van der Waals surface area contributed by atoms with E-state index in [2.05, 4.69) is 10.1 Å². The van der Waals surface area contributed by atoms with Crippen LogP contribution in [0.4, 0.5) is 0 Å². The molecule has 0 radical (unpaired) electrons. The third kappa shape index (κ3) is 3.79. The molecule has 2 aliphatic rings. The lowest BCUT2D eigenvalue weighted by molar-refractivity contribution is -0.150. The molecule has 7 nitrogen and oxygen atoms in total. The molecule has 7 heteroatoms. The Hall–Kier alpha value is -1.47. The minimum Gasteiger partial charge on any atom is -0.378 e. The van der Waals surface area contributed by atoms with Gasteiger partial charge >= 0.3 is 0 Å². The van der Waals surface area contributed by atoms with Gasteiger partial charge in [-0.25, -0.2) is 0 Å². The molecule has 0 aliphatic carbocycles. The zero-order valence-corrected chi connectivity index (χ0v) is 12.3. The van der Waals surface area contributed by atoms with Crippen molar-refractivity contribution in [3.05, 3.63) is 11.7 Å². The molecule has 0 saturated carbocycles. The summed E-state index contributed by atoms with van der Waals surface area (Å²) >= 11 is 0. The summed E-state index contributed by atoms with van der Waals surface area (Å²) in [7, 11) is 0. The van der Waals surface area contributed by atoms with E-state index in [1.807, 2.05) is 4.90 Å². The molecule has 2 fully saturated rings. The van der Waals surface area contributed by atoms with Crippen molar-refractivity contribution in [1.29, 1.82) is 0 Å². The first-order valence-corrected chi connectivity index (χ1v) is 7.51. The second kappa shape index (κ2) is 6.53.